The van der Waals surface area contributed by atoms with Crippen molar-refractivity contribution in [2.24, 2.45) is 0 Å². The molecule has 3 rings (SSSR count). The van der Waals surface area contributed by atoms with E-state index in [0.29, 0.717) is 17.1 Å². The van der Waals surface area contributed by atoms with Gasteiger partial charge in [0.15, 0.2) is 12.4 Å². The van der Waals surface area contributed by atoms with Gasteiger partial charge in [-0.25, -0.2) is 0 Å². The monoisotopic (exact) mass is 303 g/mol. The van der Waals surface area contributed by atoms with Crippen molar-refractivity contribution in [3.8, 4) is 16.6 Å². The number of benzene rings is 1. The molecule has 1 saturated carbocycles. The maximum Gasteiger partial charge on any atom is 0.294 e. The summed E-state index contributed by atoms with van der Waals surface area (Å²) in [5.74, 6) is 0.546. The van der Waals surface area contributed by atoms with E-state index >= 15 is 0 Å². The van der Waals surface area contributed by atoms with Gasteiger partial charge < -0.3 is 10.1 Å². The molecule has 0 aliphatic heterocycles. The second-order valence-electron chi connectivity index (χ2n) is 5.09. The number of nitrogens with zero attached hydrogens (tertiary/aromatic N) is 2. The number of rotatable bonds is 5. The number of nitrogens with one attached hydrogen (secondary N) is 1. The van der Waals surface area contributed by atoms with Crippen molar-refractivity contribution in [1.29, 1.82) is 0 Å². The average molecular weight is 303 g/mol. The highest BCUT2D eigenvalue weighted by Gasteiger charge is 2.17. The van der Waals surface area contributed by atoms with E-state index in [-0.39, 0.29) is 12.5 Å². The van der Waals surface area contributed by atoms with Crippen molar-refractivity contribution in [3.63, 3.8) is 0 Å². The molecule has 1 fully saturated rings. The Morgan fingerprint density at radius 1 is 1.29 bits per heavy atom. The van der Waals surface area contributed by atoms with Gasteiger partial charge in [0.1, 0.15) is 0 Å². The Labute approximate surface area is 127 Å². The third kappa shape index (κ3) is 3.78. The van der Waals surface area contributed by atoms with Gasteiger partial charge in [0.05, 0.1) is 0 Å². The first-order valence-electron chi connectivity index (χ1n) is 7.12. The maximum atomic E-state index is 11.8. The molecule has 0 bridgehead atoms. The molecule has 21 heavy (non-hydrogen) atoms. The zero-order valence-electron chi connectivity index (χ0n) is 11.6. The summed E-state index contributed by atoms with van der Waals surface area (Å²) in [6.45, 7) is -0.0000764. The molecule has 1 aliphatic carbocycles. The smallest absolute Gasteiger partial charge is 0.294 e. The molecular weight excluding hydrogens is 286 g/mol. The molecule has 1 heterocycles. The third-order valence-electron chi connectivity index (χ3n) is 3.49. The number of amides is 1. The topological polar surface area (TPSA) is 64.1 Å². The fourth-order valence-corrected chi connectivity index (χ4v) is 2.99. The molecule has 0 spiro atoms. The van der Waals surface area contributed by atoms with E-state index in [4.69, 9.17) is 4.74 Å². The van der Waals surface area contributed by atoms with Crippen LogP contribution in [0.3, 0.4) is 0 Å². The molecule has 1 aromatic carbocycles. The molecule has 1 aliphatic rings. The Hall–Kier alpha value is -1.95. The quantitative estimate of drug-likeness (QED) is 0.922. The lowest BCUT2D eigenvalue weighted by Gasteiger charge is -2.11. The van der Waals surface area contributed by atoms with Gasteiger partial charge in [-0.15, -0.1) is 0 Å². The van der Waals surface area contributed by atoms with Crippen molar-refractivity contribution >= 4 is 17.4 Å². The second kappa shape index (κ2) is 6.67. The summed E-state index contributed by atoms with van der Waals surface area (Å²) in [6.07, 6.45) is 4.54. The normalized spacial score (nSPS) is 15.0. The SMILES string of the molecule is O=C(COc1nc(-c2ccccc2)ns1)NC1CCCC1. The first-order chi connectivity index (χ1) is 10.3. The molecular formula is C15H17N3O2S. The van der Waals surface area contributed by atoms with Crippen LogP contribution in [0.2, 0.25) is 0 Å². The van der Waals surface area contributed by atoms with Crippen LogP contribution in [0.15, 0.2) is 30.3 Å². The number of aromatic nitrogens is 2. The van der Waals surface area contributed by atoms with E-state index in [0.717, 1.165) is 18.4 Å². The molecule has 2 aromatic rings. The highest BCUT2D eigenvalue weighted by Crippen LogP contribution is 2.22. The van der Waals surface area contributed by atoms with Crippen LogP contribution in [-0.4, -0.2) is 27.9 Å². The lowest BCUT2D eigenvalue weighted by Crippen LogP contribution is -2.36. The van der Waals surface area contributed by atoms with Gasteiger partial charge in [-0.3, -0.25) is 4.79 Å². The summed E-state index contributed by atoms with van der Waals surface area (Å²) < 4.78 is 9.65. The van der Waals surface area contributed by atoms with Crippen LogP contribution in [0.4, 0.5) is 0 Å². The molecule has 1 aromatic heterocycles. The average Bonchev–Trinajstić information content (AvgIpc) is 3.17. The van der Waals surface area contributed by atoms with E-state index in [9.17, 15) is 4.79 Å². The van der Waals surface area contributed by atoms with E-state index in [1.165, 1.54) is 24.4 Å². The molecule has 110 valence electrons. The van der Waals surface area contributed by atoms with Crippen LogP contribution >= 0.6 is 11.5 Å². The van der Waals surface area contributed by atoms with Crippen LogP contribution < -0.4 is 10.1 Å². The van der Waals surface area contributed by atoms with Crippen LogP contribution in [-0.2, 0) is 4.79 Å². The summed E-state index contributed by atoms with van der Waals surface area (Å²) in [4.78, 5) is 16.1. The molecule has 5 nitrogen and oxygen atoms in total. The van der Waals surface area contributed by atoms with Crippen LogP contribution in [0.1, 0.15) is 25.7 Å². The fraction of sp³-hybridized carbons (Fsp3) is 0.400. The van der Waals surface area contributed by atoms with Crippen LogP contribution in [0, 0.1) is 0 Å². The second-order valence-corrected chi connectivity index (χ2v) is 5.80. The highest BCUT2D eigenvalue weighted by atomic mass is 32.1. The number of hydrogen-bond donors (Lipinski definition) is 1. The van der Waals surface area contributed by atoms with Gasteiger partial charge >= 0.3 is 0 Å². The first-order valence-corrected chi connectivity index (χ1v) is 7.90. The predicted molar refractivity (Wildman–Crippen MR) is 81.2 cm³/mol. The summed E-state index contributed by atoms with van der Waals surface area (Å²) in [7, 11) is 0. The molecule has 0 radical (unpaired) electrons. The van der Waals surface area contributed by atoms with Crippen molar-refractivity contribution in [3.05, 3.63) is 30.3 Å². The zero-order valence-corrected chi connectivity index (χ0v) is 12.4. The largest absolute Gasteiger partial charge is 0.459 e. The van der Waals surface area contributed by atoms with Gasteiger partial charge in [-0.05, 0) is 12.8 Å². The minimum absolute atomic E-state index is 0.0000764. The number of carbonyl (C=O) groups is 1. The third-order valence-corrected chi connectivity index (χ3v) is 4.12. The van der Waals surface area contributed by atoms with Gasteiger partial charge in [-0.2, -0.15) is 9.36 Å². The van der Waals surface area contributed by atoms with Crippen molar-refractivity contribution < 1.29 is 9.53 Å². The lowest BCUT2D eigenvalue weighted by atomic mass is 10.2. The first kappa shape index (κ1) is 14.0. The Bertz CT molecular complexity index is 594. The molecule has 0 atom stereocenters. The Morgan fingerprint density at radius 2 is 2.05 bits per heavy atom. The molecule has 6 heteroatoms. The molecule has 0 unspecified atom stereocenters. The molecule has 1 amide bonds. The van der Waals surface area contributed by atoms with Gasteiger partial charge in [0.2, 0.25) is 0 Å². The Kier molecular flexibility index (Phi) is 4.45. The summed E-state index contributed by atoms with van der Waals surface area (Å²) in [5, 5.41) is 3.41. The number of hydrogen-bond acceptors (Lipinski definition) is 5. The van der Waals surface area contributed by atoms with E-state index in [1.54, 1.807) is 0 Å². The van der Waals surface area contributed by atoms with Gasteiger partial charge in [0, 0.05) is 23.1 Å². The van der Waals surface area contributed by atoms with Gasteiger partial charge in [-0.1, -0.05) is 43.2 Å². The highest BCUT2D eigenvalue weighted by molar-refractivity contribution is 7.07. The van der Waals surface area contributed by atoms with Crippen LogP contribution in [0.25, 0.3) is 11.4 Å². The fourth-order valence-electron chi connectivity index (χ4n) is 2.44. The van der Waals surface area contributed by atoms with Crippen molar-refractivity contribution in [2.45, 2.75) is 31.7 Å². The van der Waals surface area contributed by atoms with E-state index in [2.05, 4.69) is 14.7 Å². The summed E-state index contributed by atoms with van der Waals surface area (Å²) >= 11 is 1.17. The number of carbonyl (C=O) groups excluding carboxylic acids is 1. The maximum absolute atomic E-state index is 11.8. The van der Waals surface area contributed by atoms with Crippen molar-refractivity contribution in [1.82, 2.24) is 14.7 Å². The molecule has 0 saturated heterocycles. The van der Waals surface area contributed by atoms with E-state index < -0.39 is 0 Å². The van der Waals surface area contributed by atoms with Crippen LogP contribution in [0.5, 0.6) is 5.19 Å². The van der Waals surface area contributed by atoms with Crippen molar-refractivity contribution in [2.75, 3.05) is 6.61 Å². The van der Waals surface area contributed by atoms with Gasteiger partial charge in [0.25, 0.3) is 11.1 Å². The molecule has 1 N–H and O–H groups in total. The standard InChI is InChI=1S/C15H17N3O2S/c19-13(16-12-8-4-5-9-12)10-20-15-17-14(18-21-15)11-6-2-1-3-7-11/h1-3,6-7,12H,4-5,8-10H2,(H,16,19). The Morgan fingerprint density at radius 3 is 2.81 bits per heavy atom. The minimum Gasteiger partial charge on any atom is -0.459 e. The summed E-state index contributed by atoms with van der Waals surface area (Å²) in [5.41, 5.74) is 0.944. The Balaban J connectivity index is 1.51. The minimum atomic E-state index is -0.0849. The lowest BCUT2D eigenvalue weighted by molar-refractivity contribution is -0.123. The van der Waals surface area contributed by atoms with E-state index in [1.807, 2.05) is 30.3 Å². The summed E-state index contributed by atoms with van der Waals surface area (Å²) in [6, 6.07) is 10.0. The zero-order chi connectivity index (χ0) is 14.5. The number of ether oxygens (including phenoxy) is 1. The predicted octanol–water partition coefficient (Wildman–Crippen LogP) is 2.64.